The van der Waals surface area contributed by atoms with Crippen molar-refractivity contribution in [1.82, 2.24) is 0 Å². The molecule has 2 aromatic carbocycles. The molecule has 1 nitrogen and oxygen atoms in total. The van der Waals surface area contributed by atoms with E-state index < -0.39 is 0 Å². The fraction of sp³-hybridized carbons (Fsp3) is 0.333. The largest absolute Gasteiger partial charge is 0.371 e. The average molecular weight is 212 g/mol. The van der Waals surface area contributed by atoms with Gasteiger partial charge in [-0.15, -0.1) is 0 Å². The lowest BCUT2D eigenvalue weighted by atomic mass is 10.0. The van der Waals surface area contributed by atoms with Gasteiger partial charge in [0.2, 0.25) is 0 Å². The molecule has 1 aliphatic rings. The van der Waals surface area contributed by atoms with E-state index in [1.807, 2.05) is 0 Å². The zero-order chi connectivity index (χ0) is 11.0. The SMILES string of the molecule is C[C@@H]1CC[C@@H](c2ccc3ccccc3c2)O1. The third kappa shape index (κ3) is 1.72. The summed E-state index contributed by atoms with van der Waals surface area (Å²) in [6.45, 7) is 2.15. The lowest BCUT2D eigenvalue weighted by Gasteiger charge is -2.12. The van der Waals surface area contributed by atoms with Crippen molar-refractivity contribution in [1.29, 1.82) is 0 Å². The Balaban J connectivity index is 1.99. The van der Waals surface area contributed by atoms with E-state index in [0.29, 0.717) is 12.2 Å². The van der Waals surface area contributed by atoms with E-state index in [2.05, 4.69) is 49.4 Å². The number of ether oxygens (including phenoxy) is 1. The Morgan fingerprint density at radius 2 is 1.81 bits per heavy atom. The van der Waals surface area contributed by atoms with Crippen molar-refractivity contribution < 1.29 is 4.74 Å². The number of rotatable bonds is 1. The first kappa shape index (κ1) is 9.86. The molecule has 16 heavy (non-hydrogen) atoms. The van der Waals surface area contributed by atoms with Gasteiger partial charge in [-0.1, -0.05) is 36.4 Å². The summed E-state index contributed by atoms with van der Waals surface area (Å²) < 4.78 is 5.90. The van der Waals surface area contributed by atoms with Crippen LogP contribution in [0.15, 0.2) is 42.5 Å². The molecular weight excluding hydrogens is 196 g/mol. The van der Waals surface area contributed by atoms with Crippen molar-refractivity contribution in [3.63, 3.8) is 0 Å². The van der Waals surface area contributed by atoms with Gasteiger partial charge in [0, 0.05) is 0 Å². The topological polar surface area (TPSA) is 9.23 Å². The Kier molecular flexibility index (Phi) is 2.41. The van der Waals surface area contributed by atoms with Gasteiger partial charge >= 0.3 is 0 Å². The maximum absolute atomic E-state index is 5.90. The molecular formula is C15H16O. The van der Waals surface area contributed by atoms with Crippen LogP contribution in [0.1, 0.15) is 31.4 Å². The molecule has 82 valence electrons. The predicted octanol–water partition coefficient (Wildman–Crippen LogP) is 4.08. The highest BCUT2D eigenvalue weighted by atomic mass is 16.5. The quantitative estimate of drug-likeness (QED) is 0.692. The molecule has 0 aliphatic carbocycles. The summed E-state index contributed by atoms with van der Waals surface area (Å²) >= 11 is 0. The van der Waals surface area contributed by atoms with Crippen LogP contribution in [0, 0.1) is 0 Å². The van der Waals surface area contributed by atoms with Gasteiger partial charge in [-0.25, -0.2) is 0 Å². The van der Waals surface area contributed by atoms with Crippen LogP contribution in [0.5, 0.6) is 0 Å². The van der Waals surface area contributed by atoms with Crippen molar-refractivity contribution in [3.8, 4) is 0 Å². The van der Waals surface area contributed by atoms with Crippen LogP contribution < -0.4 is 0 Å². The first-order chi connectivity index (χ1) is 7.83. The predicted molar refractivity (Wildman–Crippen MR) is 66.5 cm³/mol. The summed E-state index contributed by atoms with van der Waals surface area (Å²) in [4.78, 5) is 0. The van der Waals surface area contributed by atoms with E-state index in [0.717, 1.165) is 6.42 Å². The standard InChI is InChI=1S/C15H16O/c1-11-6-9-15(16-11)14-8-7-12-4-2-3-5-13(12)10-14/h2-5,7-8,10-11,15H,6,9H2,1H3/t11-,15+/m1/s1. The summed E-state index contributed by atoms with van der Waals surface area (Å²) in [7, 11) is 0. The van der Waals surface area contributed by atoms with Gasteiger partial charge < -0.3 is 4.74 Å². The molecule has 3 rings (SSSR count). The molecule has 1 aliphatic heterocycles. The average Bonchev–Trinajstić information content (AvgIpc) is 2.75. The maximum atomic E-state index is 5.90. The van der Waals surface area contributed by atoms with Crippen molar-refractivity contribution in [2.24, 2.45) is 0 Å². The van der Waals surface area contributed by atoms with Crippen LogP contribution in [0.4, 0.5) is 0 Å². The van der Waals surface area contributed by atoms with Gasteiger partial charge in [0.05, 0.1) is 12.2 Å². The van der Waals surface area contributed by atoms with E-state index in [4.69, 9.17) is 4.74 Å². The first-order valence-electron chi connectivity index (χ1n) is 5.97. The van der Waals surface area contributed by atoms with Crippen LogP contribution in [-0.2, 0) is 4.74 Å². The number of fused-ring (bicyclic) bond motifs is 1. The Morgan fingerprint density at radius 3 is 2.56 bits per heavy atom. The van der Waals surface area contributed by atoms with Gasteiger partial charge in [0.1, 0.15) is 0 Å². The van der Waals surface area contributed by atoms with Gasteiger partial charge in [0.25, 0.3) is 0 Å². The van der Waals surface area contributed by atoms with E-state index in [9.17, 15) is 0 Å². The van der Waals surface area contributed by atoms with Crippen LogP contribution in [-0.4, -0.2) is 6.10 Å². The zero-order valence-corrected chi connectivity index (χ0v) is 9.52. The van der Waals surface area contributed by atoms with E-state index in [-0.39, 0.29) is 0 Å². The molecule has 2 aromatic rings. The molecule has 1 heteroatoms. The van der Waals surface area contributed by atoms with Gasteiger partial charge in [0.15, 0.2) is 0 Å². The smallest absolute Gasteiger partial charge is 0.0829 e. The molecule has 1 fully saturated rings. The molecule has 0 unspecified atom stereocenters. The summed E-state index contributed by atoms with van der Waals surface area (Å²) in [6, 6.07) is 15.1. The van der Waals surface area contributed by atoms with E-state index in [1.165, 1.54) is 22.8 Å². The minimum atomic E-state index is 0.305. The van der Waals surface area contributed by atoms with Crippen molar-refractivity contribution >= 4 is 10.8 Å². The van der Waals surface area contributed by atoms with Crippen molar-refractivity contribution in [2.45, 2.75) is 32.0 Å². The normalized spacial score (nSPS) is 25.1. The van der Waals surface area contributed by atoms with Crippen molar-refractivity contribution in [3.05, 3.63) is 48.0 Å². The third-order valence-electron chi connectivity index (χ3n) is 3.38. The number of benzene rings is 2. The fourth-order valence-electron chi connectivity index (χ4n) is 2.46. The Hall–Kier alpha value is -1.34. The minimum absolute atomic E-state index is 0.305. The summed E-state index contributed by atoms with van der Waals surface area (Å²) in [6.07, 6.45) is 3.05. The Morgan fingerprint density at radius 1 is 1.00 bits per heavy atom. The highest BCUT2D eigenvalue weighted by Crippen LogP contribution is 2.33. The highest BCUT2D eigenvalue weighted by Gasteiger charge is 2.23. The van der Waals surface area contributed by atoms with Crippen LogP contribution in [0.25, 0.3) is 10.8 Å². The molecule has 0 bridgehead atoms. The maximum Gasteiger partial charge on any atom is 0.0829 e. The molecule has 1 saturated heterocycles. The third-order valence-corrected chi connectivity index (χ3v) is 3.38. The lowest BCUT2D eigenvalue weighted by Crippen LogP contribution is -2.00. The molecule has 0 aromatic heterocycles. The Labute approximate surface area is 96.0 Å². The number of hydrogen-bond donors (Lipinski definition) is 0. The molecule has 0 spiro atoms. The van der Waals surface area contributed by atoms with Gasteiger partial charge in [-0.05, 0) is 42.2 Å². The second kappa shape index (κ2) is 3.91. The first-order valence-corrected chi connectivity index (χ1v) is 5.97. The second-order valence-electron chi connectivity index (χ2n) is 4.62. The summed E-state index contributed by atoms with van der Waals surface area (Å²) in [5.41, 5.74) is 1.32. The van der Waals surface area contributed by atoms with Crippen molar-refractivity contribution in [2.75, 3.05) is 0 Å². The fourth-order valence-corrected chi connectivity index (χ4v) is 2.46. The minimum Gasteiger partial charge on any atom is -0.371 e. The monoisotopic (exact) mass is 212 g/mol. The lowest BCUT2D eigenvalue weighted by molar-refractivity contribution is 0.0556. The molecule has 0 radical (unpaired) electrons. The van der Waals surface area contributed by atoms with Crippen LogP contribution in [0.2, 0.25) is 0 Å². The summed E-state index contributed by atoms with van der Waals surface area (Å²) in [5, 5.41) is 2.61. The molecule has 0 saturated carbocycles. The molecule has 0 amide bonds. The van der Waals surface area contributed by atoms with E-state index in [1.54, 1.807) is 0 Å². The van der Waals surface area contributed by atoms with Crippen LogP contribution in [0.3, 0.4) is 0 Å². The molecule has 1 heterocycles. The summed E-state index contributed by atoms with van der Waals surface area (Å²) in [5.74, 6) is 0. The number of hydrogen-bond acceptors (Lipinski definition) is 1. The zero-order valence-electron chi connectivity index (χ0n) is 9.52. The van der Waals surface area contributed by atoms with Crippen LogP contribution >= 0.6 is 0 Å². The Bertz CT molecular complexity index is 504. The molecule has 2 atom stereocenters. The van der Waals surface area contributed by atoms with Gasteiger partial charge in [-0.3, -0.25) is 0 Å². The van der Waals surface area contributed by atoms with Gasteiger partial charge in [-0.2, -0.15) is 0 Å². The highest BCUT2D eigenvalue weighted by molar-refractivity contribution is 5.83. The molecule has 0 N–H and O–H groups in total. The van der Waals surface area contributed by atoms with E-state index >= 15 is 0 Å². The second-order valence-corrected chi connectivity index (χ2v) is 4.62.